The third kappa shape index (κ3) is 91.1. The van der Waals surface area contributed by atoms with Gasteiger partial charge in [-0.15, -0.1) is 0 Å². The number of hydrogen-bond donors (Lipinski definition) is 5. The van der Waals surface area contributed by atoms with Crippen LogP contribution in [0.3, 0.4) is 0 Å². The second kappa shape index (κ2) is 5.88. The fourth-order valence-electron chi connectivity index (χ4n) is 0. The van der Waals surface area contributed by atoms with Crippen LogP contribution in [0.5, 0.6) is 0 Å². The van der Waals surface area contributed by atoms with Gasteiger partial charge in [0.25, 0.3) is 0 Å². The minimum atomic E-state index is -3.39. The molecule has 0 atom stereocenters. The van der Waals surface area contributed by atoms with Gasteiger partial charge in [0.05, 0.1) is 0 Å². The molecule has 0 aromatic rings. The molecule has 6 N–H and O–H groups in total. The lowest BCUT2D eigenvalue weighted by Gasteiger charge is -1.88. The number of hydrogen-bond acceptors (Lipinski definition) is 5. The molecule has 7 heteroatoms. The van der Waals surface area contributed by atoms with E-state index >= 15 is 0 Å². The van der Waals surface area contributed by atoms with Crippen LogP contribution in [0.15, 0.2) is 0 Å². The largest absolute Gasteiger partial charge is 0.400 e. The Bertz CT molecular complexity index is 98.4. The molecule has 0 aromatic carbocycles. The maximum atomic E-state index is 7.74. The van der Waals surface area contributed by atoms with Crippen molar-refractivity contribution in [1.29, 1.82) is 5.41 Å². The van der Waals surface area contributed by atoms with E-state index in [1.165, 1.54) is 11.8 Å². The van der Waals surface area contributed by atoms with Crippen molar-refractivity contribution in [3.05, 3.63) is 0 Å². The fraction of sp³-hybridized carbons (Fsp3) is 0.667. The van der Waals surface area contributed by atoms with Crippen molar-refractivity contribution in [2.75, 3.05) is 12.9 Å². The lowest BCUT2D eigenvalue weighted by molar-refractivity contribution is 0.340. The molecule has 0 rings (SSSR count). The second-order valence-electron chi connectivity index (χ2n) is 1.44. The van der Waals surface area contributed by atoms with Gasteiger partial charge in [-0.3, -0.25) is 5.41 Å². The normalized spacial score (nSPS) is 9.70. The van der Waals surface area contributed by atoms with E-state index in [2.05, 4.69) is 0 Å². The van der Waals surface area contributed by atoms with Gasteiger partial charge in [-0.05, 0) is 6.26 Å². The van der Waals surface area contributed by atoms with Crippen LogP contribution in [0.25, 0.3) is 0 Å². The molecule has 0 heterocycles. The first-order valence-corrected chi connectivity index (χ1v) is 5.52. The van der Waals surface area contributed by atoms with E-state index in [9.17, 15) is 0 Å². The van der Waals surface area contributed by atoms with Crippen LogP contribution in [0, 0.1) is 5.41 Å². The van der Waals surface area contributed by atoms with E-state index < -0.39 is 7.94 Å². The van der Waals surface area contributed by atoms with E-state index in [4.69, 9.17) is 25.8 Å². The lowest BCUT2D eigenvalue weighted by Crippen LogP contribution is -2.01. The van der Waals surface area contributed by atoms with Gasteiger partial charge in [-0.2, -0.15) is 14.7 Å². The molecule has 0 radical (unpaired) electrons. The zero-order valence-corrected chi connectivity index (χ0v) is 7.49. The highest BCUT2D eigenvalue weighted by atomic mass is 32.2. The zero-order valence-electron chi connectivity index (χ0n) is 5.77. The van der Waals surface area contributed by atoms with Gasteiger partial charge in [0, 0.05) is 0 Å². The average molecular weight is 187 g/mol. The van der Waals surface area contributed by atoms with Gasteiger partial charge in [0.1, 0.15) is 6.66 Å². The van der Waals surface area contributed by atoms with Crippen molar-refractivity contribution in [2.45, 2.75) is 0 Å². The lowest BCUT2D eigenvalue weighted by atomic mass is 11.4. The Kier molecular flexibility index (Phi) is 7.51. The van der Waals surface area contributed by atoms with Gasteiger partial charge in [-0.1, -0.05) is 11.8 Å². The highest BCUT2D eigenvalue weighted by Gasteiger charge is 2.17. The first kappa shape index (κ1) is 12.8. The molecule has 0 aliphatic heterocycles. The Balaban J connectivity index is 0. The number of amidine groups is 1. The minimum Gasteiger partial charge on any atom is -0.379 e. The highest BCUT2D eigenvalue weighted by Crippen LogP contribution is 2.38. The predicted molar refractivity (Wildman–Crippen MR) is 44.9 cm³/mol. The average Bonchev–Trinajstić information content (AvgIpc) is 1.61. The Morgan fingerprint density at radius 2 is 1.60 bits per heavy atom. The standard InChI is InChI=1S/C2H6N2S.CH6O3P/c1-5-2(3)4;1-5(2,3)4/h1H3,(H3,3,4);2-4H,1H3/q;+1. The summed E-state index contributed by atoms with van der Waals surface area (Å²) in [5.41, 5.74) is 4.84. The molecule has 10 heavy (non-hydrogen) atoms. The van der Waals surface area contributed by atoms with Crippen molar-refractivity contribution < 1.29 is 14.7 Å². The first-order valence-electron chi connectivity index (χ1n) is 2.20. The van der Waals surface area contributed by atoms with Crippen molar-refractivity contribution in [1.82, 2.24) is 0 Å². The highest BCUT2D eigenvalue weighted by molar-refractivity contribution is 8.13. The SMILES string of the molecule is CSC(=N)N.C[P+](O)(O)O. The van der Waals surface area contributed by atoms with Gasteiger partial charge in [0.15, 0.2) is 5.17 Å². The molecular weight excluding hydrogens is 175 g/mol. The molecule has 0 amide bonds. The van der Waals surface area contributed by atoms with E-state index in [-0.39, 0.29) is 5.17 Å². The third-order valence-corrected chi connectivity index (χ3v) is 0.660. The maximum absolute atomic E-state index is 7.74. The topological polar surface area (TPSA) is 111 Å². The molecular formula is C3H12N2O3PS+. The predicted octanol–water partition coefficient (Wildman–Crippen LogP) is -0.401. The van der Waals surface area contributed by atoms with Crippen molar-refractivity contribution >= 4 is 24.9 Å². The first-order chi connectivity index (χ1) is 4.27. The van der Waals surface area contributed by atoms with E-state index in [0.717, 1.165) is 6.66 Å². The smallest absolute Gasteiger partial charge is 0.379 e. The Morgan fingerprint density at radius 1 is 1.50 bits per heavy atom. The van der Waals surface area contributed by atoms with Crippen LogP contribution in [-0.2, 0) is 0 Å². The summed E-state index contributed by atoms with van der Waals surface area (Å²) in [6.45, 7) is 0.965. The summed E-state index contributed by atoms with van der Waals surface area (Å²) in [7, 11) is -3.39. The van der Waals surface area contributed by atoms with E-state index in [0.29, 0.717) is 0 Å². The van der Waals surface area contributed by atoms with Crippen LogP contribution < -0.4 is 5.73 Å². The monoisotopic (exact) mass is 187 g/mol. The summed E-state index contributed by atoms with van der Waals surface area (Å²) in [6, 6.07) is 0. The molecule has 0 aliphatic carbocycles. The molecule has 0 aromatic heterocycles. The summed E-state index contributed by atoms with van der Waals surface area (Å²) in [5, 5.41) is 6.66. The summed E-state index contributed by atoms with van der Waals surface area (Å²) in [5.74, 6) is 0. The molecule has 0 saturated carbocycles. The second-order valence-corrected chi connectivity index (χ2v) is 4.02. The molecule has 5 nitrogen and oxygen atoms in total. The molecule has 62 valence electrons. The summed E-state index contributed by atoms with van der Waals surface area (Å²) in [6.07, 6.45) is 1.77. The molecule has 0 saturated heterocycles. The minimum absolute atomic E-state index is 0.171. The van der Waals surface area contributed by atoms with Crippen LogP contribution in [0.4, 0.5) is 0 Å². The third-order valence-electron chi connectivity index (χ3n) is 0.220. The molecule has 0 aliphatic rings. The Labute approximate surface area is 64.4 Å². The van der Waals surface area contributed by atoms with Gasteiger partial charge >= 0.3 is 7.94 Å². The Hall–Kier alpha value is 0.130. The van der Waals surface area contributed by atoms with Crippen molar-refractivity contribution in [3.8, 4) is 0 Å². The van der Waals surface area contributed by atoms with Gasteiger partial charge in [0.2, 0.25) is 0 Å². The fourth-order valence-corrected chi connectivity index (χ4v) is 0. The van der Waals surface area contributed by atoms with Crippen LogP contribution in [0.1, 0.15) is 0 Å². The maximum Gasteiger partial charge on any atom is 0.400 e. The quantitative estimate of drug-likeness (QED) is 0.201. The van der Waals surface area contributed by atoms with Crippen LogP contribution in [0.2, 0.25) is 0 Å². The summed E-state index contributed by atoms with van der Waals surface area (Å²) >= 11 is 1.24. The Morgan fingerprint density at radius 3 is 1.60 bits per heavy atom. The summed E-state index contributed by atoms with van der Waals surface area (Å²) in [4.78, 5) is 23.2. The van der Waals surface area contributed by atoms with E-state index in [1.807, 2.05) is 0 Å². The molecule has 0 bridgehead atoms. The number of nitrogens with two attached hydrogens (primary N) is 1. The van der Waals surface area contributed by atoms with E-state index in [1.54, 1.807) is 6.26 Å². The summed E-state index contributed by atoms with van der Waals surface area (Å²) < 4.78 is 0. The van der Waals surface area contributed by atoms with Crippen molar-refractivity contribution in [3.63, 3.8) is 0 Å². The molecule has 0 spiro atoms. The van der Waals surface area contributed by atoms with Crippen molar-refractivity contribution in [2.24, 2.45) is 5.73 Å². The number of nitrogens with one attached hydrogen (secondary N) is 1. The number of rotatable bonds is 0. The zero-order chi connectivity index (χ0) is 8.78. The van der Waals surface area contributed by atoms with Gasteiger partial charge < -0.3 is 5.73 Å². The number of thioether (sulfide) groups is 1. The molecule has 0 fully saturated rings. The van der Waals surface area contributed by atoms with Gasteiger partial charge in [-0.25, -0.2) is 0 Å². The molecule has 0 unspecified atom stereocenters. The van der Waals surface area contributed by atoms with Crippen LogP contribution >= 0.6 is 19.7 Å². The van der Waals surface area contributed by atoms with Crippen LogP contribution in [-0.4, -0.2) is 32.8 Å².